The Labute approximate surface area is 201 Å². The van der Waals surface area contributed by atoms with Crippen molar-refractivity contribution in [2.24, 2.45) is 23.5 Å². The fraction of sp³-hybridized carbons (Fsp3) is 0.600. The highest BCUT2D eigenvalue weighted by molar-refractivity contribution is 5.81. The maximum Gasteiger partial charge on any atom is 0.326 e. The van der Waals surface area contributed by atoms with Crippen molar-refractivity contribution in [3.8, 4) is 11.5 Å². The third-order valence-corrected chi connectivity index (χ3v) is 4.87. The average molecular weight is 480 g/mol. The molecular formula is C25H37NO8. The van der Waals surface area contributed by atoms with Crippen LogP contribution in [0.25, 0.3) is 0 Å². The normalized spacial score (nSPS) is 12.9. The van der Waals surface area contributed by atoms with Gasteiger partial charge in [-0.05, 0) is 23.6 Å². The smallest absolute Gasteiger partial charge is 0.326 e. The molecule has 0 radical (unpaired) electrons. The predicted molar refractivity (Wildman–Crippen MR) is 125 cm³/mol. The Kier molecular flexibility index (Phi) is 11.2. The lowest BCUT2D eigenvalue weighted by atomic mass is 9.88. The summed E-state index contributed by atoms with van der Waals surface area (Å²) in [5, 5.41) is 0. The van der Waals surface area contributed by atoms with Gasteiger partial charge in [-0.1, -0.05) is 47.6 Å². The molecule has 2 N–H and O–H groups in total. The number of esters is 4. The lowest BCUT2D eigenvalue weighted by molar-refractivity contribution is -0.151. The molecular weight excluding hydrogens is 442 g/mol. The Morgan fingerprint density at radius 1 is 0.912 bits per heavy atom. The van der Waals surface area contributed by atoms with Crippen LogP contribution in [0.5, 0.6) is 11.5 Å². The summed E-state index contributed by atoms with van der Waals surface area (Å²) in [4.78, 5) is 48.6. The molecule has 0 aliphatic heterocycles. The fourth-order valence-corrected chi connectivity index (χ4v) is 2.85. The van der Waals surface area contributed by atoms with Crippen LogP contribution in [0.1, 0.15) is 59.9 Å². The molecule has 0 saturated heterocycles. The number of methoxy groups -OCH3 is 1. The Morgan fingerprint density at radius 3 is 1.97 bits per heavy atom. The van der Waals surface area contributed by atoms with Gasteiger partial charge in [0.1, 0.15) is 5.54 Å². The molecule has 9 heteroatoms. The molecule has 0 spiro atoms. The van der Waals surface area contributed by atoms with Crippen LogP contribution in [0.15, 0.2) is 18.2 Å². The summed E-state index contributed by atoms with van der Waals surface area (Å²) in [5.41, 5.74) is 5.41. The van der Waals surface area contributed by atoms with E-state index in [1.807, 2.05) is 13.8 Å². The minimum absolute atomic E-state index is 0.00599. The summed E-state index contributed by atoms with van der Waals surface area (Å²) in [6.07, 6.45) is 0.289. The minimum atomic E-state index is -1.50. The molecule has 1 aromatic rings. The third kappa shape index (κ3) is 9.13. The highest BCUT2D eigenvalue weighted by Gasteiger charge is 2.36. The Morgan fingerprint density at radius 2 is 1.47 bits per heavy atom. The molecule has 0 aliphatic rings. The number of benzene rings is 1. The van der Waals surface area contributed by atoms with Crippen molar-refractivity contribution in [2.45, 2.75) is 66.3 Å². The zero-order chi connectivity index (χ0) is 26.1. The molecule has 1 aromatic carbocycles. The zero-order valence-electron chi connectivity index (χ0n) is 21.1. The van der Waals surface area contributed by atoms with Crippen molar-refractivity contribution >= 4 is 23.9 Å². The van der Waals surface area contributed by atoms with E-state index in [4.69, 9.17) is 24.7 Å². The van der Waals surface area contributed by atoms with Gasteiger partial charge in [0.25, 0.3) is 0 Å². The van der Waals surface area contributed by atoms with E-state index in [0.29, 0.717) is 5.56 Å². The third-order valence-electron chi connectivity index (χ3n) is 4.87. The van der Waals surface area contributed by atoms with Crippen molar-refractivity contribution in [1.29, 1.82) is 0 Å². The van der Waals surface area contributed by atoms with E-state index < -0.39 is 29.4 Å². The highest BCUT2D eigenvalue weighted by atomic mass is 16.6. The SMILES string of the molecule is COC(=O)[C@@](N)(CCOC(=O)CC(C)C)Cc1ccc(OC(=O)C(C)C)c(OC(=O)C(C)C)c1. The van der Waals surface area contributed by atoms with Gasteiger partial charge in [-0.2, -0.15) is 0 Å². The van der Waals surface area contributed by atoms with E-state index in [2.05, 4.69) is 0 Å². The number of carbonyl (C=O) groups is 4. The number of rotatable bonds is 12. The molecule has 0 unspecified atom stereocenters. The summed E-state index contributed by atoms with van der Waals surface area (Å²) in [6.45, 7) is 10.5. The van der Waals surface area contributed by atoms with Crippen LogP contribution < -0.4 is 15.2 Å². The van der Waals surface area contributed by atoms with E-state index in [9.17, 15) is 19.2 Å². The van der Waals surface area contributed by atoms with Crippen molar-refractivity contribution in [3.05, 3.63) is 23.8 Å². The molecule has 0 amide bonds. The van der Waals surface area contributed by atoms with Crippen molar-refractivity contribution in [3.63, 3.8) is 0 Å². The predicted octanol–water partition coefficient (Wildman–Crippen LogP) is 3.20. The largest absolute Gasteiger partial charge is 0.468 e. The molecule has 0 aromatic heterocycles. The Hall–Kier alpha value is -2.94. The molecule has 9 nitrogen and oxygen atoms in total. The van der Waals surface area contributed by atoms with Crippen LogP contribution in [-0.2, 0) is 35.1 Å². The average Bonchev–Trinajstić information content (AvgIpc) is 2.73. The van der Waals surface area contributed by atoms with E-state index in [1.165, 1.54) is 19.2 Å². The highest BCUT2D eigenvalue weighted by Crippen LogP contribution is 2.31. The van der Waals surface area contributed by atoms with Crippen LogP contribution in [0.4, 0.5) is 0 Å². The molecule has 0 saturated carbocycles. The van der Waals surface area contributed by atoms with E-state index in [1.54, 1.807) is 33.8 Å². The van der Waals surface area contributed by atoms with Crippen molar-refractivity contribution in [1.82, 2.24) is 0 Å². The van der Waals surface area contributed by atoms with Gasteiger partial charge in [0.05, 0.1) is 25.6 Å². The summed E-state index contributed by atoms with van der Waals surface area (Å²) < 4.78 is 20.9. The molecule has 1 atom stereocenters. The molecule has 190 valence electrons. The van der Waals surface area contributed by atoms with Gasteiger partial charge in [-0.25, -0.2) is 0 Å². The summed E-state index contributed by atoms with van der Waals surface area (Å²) in [7, 11) is 1.22. The first-order valence-electron chi connectivity index (χ1n) is 11.4. The Balaban J connectivity index is 3.16. The number of hydrogen-bond donors (Lipinski definition) is 1. The van der Waals surface area contributed by atoms with Crippen molar-refractivity contribution in [2.75, 3.05) is 13.7 Å². The summed E-state index contributed by atoms with van der Waals surface area (Å²) >= 11 is 0. The number of nitrogens with two attached hydrogens (primary N) is 1. The van der Waals surface area contributed by atoms with Gasteiger partial charge in [-0.3, -0.25) is 19.2 Å². The van der Waals surface area contributed by atoms with Gasteiger partial charge >= 0.3 is 23.9 Å². The fourth-order valence-electron chi connectivity index (χ4n) is 2.85. The maximum absolute atomic E-state index is 12.5. The number of ether oxygens (including phenoxy) is 4. The molecule has 0 fully saturated rings. The second kappa shape index (κ2) is 13.1. The van der Waals surface area contributed by atoms with Gasteiger partial charge in [0.2, 0.25) is 0 Å². The Bertz CT molecular complexity index is 878. The first-order valence-corrected chi connectivity index (χ1v) is 11.4. The molecule has 34 heavy (non-hydrogen) atoms. The van der Waals surface area contributed by atoms with Gasteiger partial charge < -0.3 is 24.7 Å². The van der Waals surface area contributed by atoms with Crippen LogP contribution in [0.2, 0.25) is 0 Å². The molecule has 0 heterocycles. The molecule has 0 aliphatic carbocycles. The maximum atomic E-state index is 12.5. The van der Waals surface area contributed by atoms with Crippen LogP contribution >= 0.6 is 0 Å². The van der Waals surface area contributed by atoms with Crippen LogP contribution in [0.3, 0.4) is 0 Å². The van der Waals surface area contributed by atoms with Gasteiger partial charge in [0.15, 0.2) is 11.5 Å². The van der Waals surface area contributed by atoms with E-state index in [-0.39, 0.29) is 55.2 Å². The zero-order valence-corrected chi connectivity index (χ0v) is 21.1. The van der Waals surface area contributed by atoms with Crippen LogP contribution in [-0.4, -0.2) is 43.1 Å². The lowest BCUT2D eigenvalue weighted by Crippen LogP contribution is -2.51. The molecule has 1 rings (SSSR count). The summed E-state index contributed by atoms with van der Waals surface area (Å²) in [5.74, 6) is -2.58. The monoisotopic (exact) mass is 479 g/mol. The first-order chi connectivity index (χ1) is 15.8. The standard InChI is InChI=1S/C25H37NO8/c1-15(2)12-21(27)32-11-10-25(26,24(30)31-7)14-18-8-9-19(33-22(28)16(3)4)20(13-18)34-23(29)17(5)6/h8-9,13,15-17H,10-12,14,26H2,1-7H3/t25-/m1/s1. The van der Waals surface area contributed by atoms with Gasteiger partial charge in [-0.15, -0.1) is 0 Å². The van der Waals surface area contributed by atoms with Crippen LogP contribution in [0, 0.1) is 17.8 Å². The number of hydrogen-bond acceptors (Lipinski definition) is 9. The topological polar surface area (TPSA) is 131 Å². The second-order valence-electron chi connectivity index (χ2n) is 9.33. The quantitative estimate of drug-likeness (QED) is 0.354. The first kappa shape index (κ1) is 29.1. The van der Waals surface area contributed by atoms with E-state index >= 15 is 0 Å². The molecule has 0 bridgehead atoms. The van der Waals surface area contributed by atoms with E-state index in [0.717, 1.165) is 0 Å². The van der Waals surface area contributed by atoms with Gasteiger partial charge in [0, 0.05) is 19.3 Å². The number of carbonyl (C=O) groups excluding carboxylic acids is 4. The van der Waals surface area contributed by atoms with Crippen molar-refractivity contribution < 1.29 is 38.1 Å². The lowest BCUT2D eigenvalue weighted by Gasteiger charge is -2.27. The second-order valence-corrected chi connectivity index (χ2v) is 9.33. The summed E-state index contributed by atoms with van der Waals surface area (Å²) in [6, 6.07) is 4.60. The minimum Gasteiger partial charge on any atom is -0.468 e.